The fourth-order valence-electron chi connectivity index (χ4n) is 2.73. The van der Waals surface area contributed by atoms with Crippen molar-refractivity contribution in [3.05, 3.63) is 23.5 Å². The predicted molar refractivity (Wildman–Crippen MR) is 62.1 cm³/mol. The van der Waals surface area contributed by atoms with Gasteiger partial charge in [-0.15, -0.1) is 0 Å². The minimum Gasteiger partial charge on any atom is -0.496 e. The van der Waals surface area contributed by atoms with Crippen molar-refractivity contribution in [2.75, 3.05) is 32.9 Å². The molecule has 0 saturated carbocycles. The van der Waals surface area contributed by atoms with Crippen LogP contribution in [0.15, 0.2) is 23.5 Å². The first-order valence-electron chi connectivity index (χ1n) is 6.26. The van der Waals surface area contributed by atoms with Gasteiger partial charge < -0.3 is 9.47 Å². The molecule has 0 aromatic carbocycles. The van der Waals surface area contributed by atoms with Crippen molar-refractivity contribution in [2.45, 2.75) is 25.3 Å². The molecule has 1 fully saturated rings. The highest BCUT2D eigenvalue weighted by Gasteiger charge is 2.27. The van der Waals surface area contributed by atoms with Gasteiger partial charge in [0, 0.05) is 25.6 Å². The molecule has 3 heteroatoms. The van der Waals surface area contributed by atoms with Gasteiger partial charge in [0.05, 0.1) is 19.0 Å². The Balaban J connectivity index is 1.67. The number of nitrogens with zero attached hydrogens (tertiary/aromatic N) is 1. The quantitative estimate of drug-likeness (QED) is 0.673. The number of ether oxygens (including phenoxy) is 2. The van der Waals surface area contributed by atoms with Crippen LogP contribution in [0.5, 0.6) is 0 Å². The first-order valence-corrected chi connectivity index (χ1v) is 6.26. The van der Waals surface area contributed by atoms with E-state index in [1.54, 1.807) is 0 Å². The van der Waals surface area contributed by atoms with E-state index in [1.807, 2.05) is 0 Å². The topological polar surface area (TPSA) is 21.7 Å². The zero-order valence-corrected chi connectivity index (χ0v) is 9.65. The van der Waals surface area contributed by atoms with E-state index in [-0.39, 0.29) is 0 Å². The van der Waals surface area contributed by atoms with E-state index < -0.39 is 0 Å². The van der Waals surface area contributed by atoms with Crippen LogP contribution in [0.2, 0.25) is 0 Å². The van der Waals surface area contributed by atoms with Gasteiger partial charge in [-0.05, 0) is 18.4 Å². The van der Waals surface area contributed by atoms with Crippen LogP contribution in [-0.4, -0.2) is 43.9 Å². The third-order valence-corrected chi connectivity index (χ3v) is 3.68. The molecular weight excluding hydrogens is 202 g/mol. The fraction of sp³-hybridized carbons (Fsp3) is 0.692. The summed E-state index contributed by atoms with van der Waals surface area (Å²) in [4.78, 5) is 2.51. The van der Waals surface area contributed by atoms with Gasteiger partial charge in [-0.2, -0.15) is 0 Å². The van der Waals surface area contributed by atoms with Crippen molar-refractivity contribution in [3.63, 3.8) is 0 Å². The van der Waals surface area contributed by atoms with E-state index in [4.69, 9.17) is 9.47 Å². The number of hydrogen-bond donors (Lipinski definition) is 0. The highest BCUT2D eigenvalue weighted by atomic mass is 16.5. The Morgan fingerprint density at radius 1 is 1.25 bits per heavy atom. The van der Waals surface area contributed by atoms with Crippen molar-refractivity contribution in [3.8, 4) is 0 Å². The van der Waals surface area contributed by atoms with E-state index >= 15 is 0 Å². The summed E-state index contributed by atoms with van der Waals surface area (Å²) in [7, 11) is 0. The average Bonchev–Trinajstić information content (AvgIpc) is 2.39. The number of morpholine rings is 1. The maximum atomic E-state index is 5.89. The van der Waals surface area contributed by atoms with Crippen LogP contribution in [0.3, 0.4) is 0 Å². The summed E-state index contributed by atoms with van der Waals surface area (Å²) < 4.78 is 11.3. The van der Waals surface area contributed by atoms with Crippen LogP contribution < -0.4 is 0 Å². The molecular formula is C13H19NO2. The third-order valence-electron chi connectivity index (χ3n) is 3.68. The van der Waals surface area contributed by atoms with Crippen molar-refractivity contribution in [1.82, 2.24) is 4.90 Å². The molecule has 1 saturated heterocycles. The average molecular weight is 221 g/mol. The molecule has 0 N–H and O–H groups in total. The van der Waals surface area contributed by atoms with Gasteiger partial charge in [-0.25, -0.2) is 0 Å². The van der Waals surface area contributed by atoms with E-state index in [2.05, 4.69) is 17.1 Å². The zero-order valence-electron chi connectivity index (χ0n) is 9.65. The second kappa shape index (κ2) is 4.60. The van der Waals surface area contributed by atoms with E-state index in [0.29, 0.717) is 6.04 Å². The molecule has 0 spiro atoms. The first-order chi connectivity index (χ1) is 7.93. The maximum absolute atomic E-state index is 5.89. The van der Waals surface area contributed by atoms with Crippen molar-refractivity contribution in [2.24, 2.45) is 0 Å². The Kier molecular flexibility index (Phi) is 2.98. The van der Waals surface area contributed by atoms with Crippen LogP contribution in [0.4, 0.5) is 0 Å². The molecule has 0 radical (unpaired) electrons. The molecule has 2 heterocycles. The standard InChI is InChI=1S/C13H19NO2/c1-2-4-13-11(3-1)9-12(10-16-13)14-5-7-15-8-6-14/h1,3,12H,2,4-10H2. The van der Waals surface area contributed by atoms with E-state index in [1.165, 1.54) is 11.3 Å². The molecule has 1 atom stereocenters. The fourth-order valence-corrected chi connectivity index (χ4v) is 2.73. The summed E-state index contributed by atoms with van der Waals surface area (Å²) in [6, 6.07) is 0.561. The first kappa shape index (κ1) is 10.4. The summed E-state index contributed by atoms with van der Waals surface area (Å²) in [5.41, 5.74) is 1.42. The number of rotatable bonds is 1. The molecule has 16 heavy (non-hydrogen) atoms. The zero-order chi connectivity index (χ0) is 10.8. The number of hydrogen-bond acceptors (Lipinski definition) is 3. The smallest absolute Gasteiger partial charge is 0.104 e. The Labute approximate surface area is 96.7 Å². The Bertz CT molecular complexity index is 316. The lowest BCUT2D eigenvalue weighted by Crippen LogP contribution is -2.47. The molecule has 3 aliphatic rings. The summed E-state index contributed by atoms with van der Waals surface area (Å²) in [5, 5.41) is 0. The molecule has 1 aliphatic carbocycles. The molecule has 0 amide bonds. The summed E-state index contributed by atoms with van der Waals surface area (Å²) >= 11 is 0. The van der Waals surface area contributed by atoms with Crippen molar-refractivity contribution in [1.29, 1.82) is 0 Å². The molecule has 3 nitrogen and oxygen atoms in total. The third kappa shape index (κ3) is 2.02. The van der Waals surface area contributed by atoms with Crippen LogP contribution >= 0.6 is 0 Å². The lowest BCUT2D eigenvalue weighted by atomic mass is 9.95. The lowest BCUT2D eigenvalue weighted by molar-refractivity contribution is -0.00768. The Hall–Kier alpha value is -0.800. The van der Waals surface area contributed by atoms with Gasteiger partial charge in [0.2, 0.25) is 0 Å². The van der Waals surface area contributed by atoms with Crippen LogP contribution in [-0.2, 0) is 9.47 Å². The normalized spacial score (nSPS) is 31.1. The molecule has 3 rings (SSSR count). The van der Waals surface area contributed by atoms with Gasteiger partial charge in [-0.1, -0.05) is 12.2 Å². The van der Waals surface area contributed by atoms with Gasteiger partial charge in [0.15, 0.2) is 0 Å². The van der Waals surface area contributed by atoms with E-state index in [0.717, 1.165) is 52.2 Å². The highest BCUT2D eigenvalue weighted by molar-refractivity contribution is 5.28. The number of allylic oxidation sites excluding steroid dienone is 3. The summed E-state index contributed by atoms with van der Waals surface area (Å²) in [5.74, 6) is 1.24. The molecule has 0 aromatic heterocycles. The second-order valence-electron chi connectivity index (χ2n) is 4.71. The lowest BCUT2D eigenvalue weighted by Gasteiger charge is -2.38. The predicted octanol–water partition coefficient (Wildman–Crippen LogP) is 1.71. The van der Waals surface area contributed by atoms with Gasteiger partial charge >= 0.3 is 0 Å². The minimum atomic E-state index is 0.561. The van der Waals surface area contributed by atoms with Crippen LogP contribution in [0.25, 0.3) is 0 Å². The summed E-state index contributed by atoms with van der Waals surface area (Å²) in [6.07, 6.45) is 7.92. The summed E-state index contributed by atoms with van der Waals surface area (Å²) in [6.45, 7) is 4.73. The maximum Gasteiger partial charge on any atom is 0.104 e. The van der Waals surface area contributed by atoms with Gasteiger partial charge in [-0.3, -0.25) is 4.90 Å². The van der Waals surface area contributed by atoms with Crippen LogP contribution in [0.1, 0.15) is 19.3 Å². The Morgan fingerprint density at radius 2 is 2.12 bits per heavy atom. The Morgan fingerprint density at radius 3 is 3.00 bits per heavy atom. The van der Waals surface area contributed by atoms with Gasteiger partial charge in [0.25, 0.3) is 0 Å². The van der Waals surface area contributed by atoms with E-state index in [9.17, 15) is 0 Å². The molecule has 2 aliphatic heterocycles. The monoisotopic (exact) mass is 221 g/mol. The highest BCUT2D eigenvalue weighted by Crippen LogP contribution is 2.29. The van der Waals surface area contributed by atoms with Crippen LogP contribution in [0, 0.1) is 0 Å². The molecule has 0 aromatic rings. The second-order valence-corrected chi connectivity index (χ2v) is 4.71. The van der Waals surface area contributed by atoms with Crippen molar-refractivity contribution < 1.29 is 9.47 Å². The van der Waals surface area contributed by atoms with Crippen molar-refractivity contribution >= 4 is 0 Å². The van der Waals surface area contributed by atoms with Gasteiger partial charge in [0.1, 0.15) is 6.61 Å². The molecule has 0 bridgehead atoms. The minimum absolute atomic E-state index is 0.561. The largest absolute Gasteiger partial charge is 0.496 e. The molecule has 88 valence electrons. The molecule has 1 unspecified atom stereocenters. The SMILES string of the molecule is C1=CC2=C(CC1)OCC(N1CCOCC1)C2.